The Morgan fingerprint density at radius 1 is 0.821 bits per heavy atom. The molecule has 3 saturated carbocycles. The zero-order chi connectivity index (χ0) is 19.9. The summed E-state index contributed by atoms with van der Waals surface area (Å²) >= 11 is 0. The van der Waals surface area contributed by atoms with Crippen molar-refractivity contribution in [3.05, 3.63) is 0 Å². The SMILES string of the molecule is CCCCCC1CCC(C2CCC(CC(=O)C3CCC(C)CC3=O)CC2)CC1. The molecule has 0 spiro atoms. The summed E-state index contributed by atoms with van der Waals surface area (Å²) in [6.45, 7) is 4.44. The Kier molecular flexibility index (Phi) is 8.60. The van der Waals surface area contributed by atoms with E-state index in [4.69, 9.17) is 0 Å². The van der Waals surface area contributed by atoms with Gasteiger partial charge in [0.25, 0.3) is 0 Å². The normalized spacial score (nSPS) is 37.0. The molecule has 0 radical (unpaired) electrons. The molecule has 0 aromatic heterocycles. The van der Waals surface area contributed by atoms with E-state index in [1.54, 1.807) is 0 Å². The van der Waals surface area contributed by atoms with Gasteiger partial charge in [-0.1, -0.05) is 52.4 Å². The van der Waals surface area contributed by atoms with Crippen LogP contribution in [-0.2, 0) is 9.59 Å². The highest BCUT2D eigenvalue weighted by molar-refractivity contribution is 6.02. The smallest absolute Gasteiger partial charge is 0.143 e. The van der Waals surface area contributed by atoms with Crippen LogP contribution >= 0.6 is 0 Å². The third-order valence-corrected chi connectivity index (χ3v) is 8.43. The molecule has 0 heterocycles. The van der Waals surface area contributed by atoms with E-state index in [1.165, 1.54) is 77.0 Å². The van der Waals surface area contributed by atoms with Crippen molar-refractivity contribution in [3.8, 4) is 0 Å². The fourth-order valence-electron chi connectivity index (χ4n) is 6.46. The molecule has 0 saturated heterocycles. The van der Waals surface area contributed by atoms with E-state index in [0.717, 1.165) is 30.6 Å². The minimum absolute atomic E-state index is 0.230. The molecule has 28 heavy (non-hydrogen) atoms. The van der Waals surface area contributed by atoms with Crippen LogP contribution in [0, 0.1) is 35.5 Å². The molecule has 3 aliphatic carbocycles. The average molecular weight is 389 g/mol. The summed E-state index contributed by atoms with van der Waals surface area (Å²) < 4.78 is 0. The highest BCUT2D eigenvalue weighted by Gasteiger charge is 2.35. The first-order valence-electron chi connectivity index (χ1n) is 12.6. The Hall–Kier alpha value is -0.660. The summed E-state index contributed by atoms with van der Waals surface area (Å²) in [5.41, 5.74) is 0. The molecule has 2 unspecified atom stereocenters. The summed E-state index contributed by atoms with van der Waals surface area (Å²) in [6.07, 6.45) is 19.8. The molecule has 0 aromatic carbocycles. The second kappa shape index (κ2) is 10.9. The van der Waals surface area contributed by atoms with Gasteiger partial charge in [-0.3, -0.25) is 9.59 Å². The van der Waals surface area contributed by atoms with Gasteiger partial charge < -0.3 is 0 Å². The van der Waals surface area contributed by atoms with E-state index in [0.29, 0.717) is 24.7 Å². The van der Waals surface area contributed by atoms with E-state index >= 15 is 0 Å². The van der Waals surface area contributed by atoms with Gasteiger partial charge in [0.15, 0.2) is 0 Å². The Bertz CT molecular complexity index is 495. The van der Waals surface area contributed by atoms with Gasteiger partial charge in [-0.25, -0.2) is 0 Å². The quantitative estimate of drug-likeness (QED) is 0.327. The molecule has 0 bridgehead atoms. The second-order valence-electron chi connectivity index (χ2n) is 10.6. The Balaban J connectivity index is 1.35. The summed E-state index contributed by atoms with van der Waals surface area (Å²) in [6, 6.07) is 0. The van der Waals surface area contributed by atoms with Crippen LogP contribution in [0.1, 0.15) is 117 Å². The first kappa shape index (κ1) is 22.0. The van der Waals surface area contributed by atoms with Crippen molar-refractivity contribution in [2.45, 2.75) is 117 Å². The molecule has 3 fully saturated rings. The summed E-state index contributed by atoms with van der Waals surface area (Å²) in [7, 11) is 0. The number of hydrogen-bond acceptors (Lipinski definition) is 2. The maximum atomic E-state index is 12.7. The molecule has 0 N–H and O–H groups in total. The van der Waals surface area contributed by atoms with Crippen molar-refractivity contribution in [1.29, 1.82) is 0 Å². The lowest BCUT2D eigenvalue weighted by atomic mass is 9.67. The van der Waals surface area contributed by atoms with E-state index in [-0.39, 0.29) is 17.5 Å². The first-order chi connectivity index (χ1) is 13.6. The van der Waals surface area contributed by atoms with Crippen molar-refractivity contribution < 1.29 is 9.59 Å². The van der Waals surface area contributed by atoms with Gasteiger partial charge in [-0.2, -0.15) is 0 Å². The lowest BCUT2D eigenvalue weighted by Gasteiger charge is -2.38. The molecule has 0 amide bonds. The third kappa shape index (κ3) is 6.17. The predicted molar refractivity (Wildman–Crippen MR) is 116 cm³/mol. The molecule has 3 aliphatic rings. The molecule has 0 aromatic rings. The molecular formula is C26H44O2. The number of carbonyl (C=O) groups excluding carboxylic acids is 2. The van der Waals surface area contributed by atoms with Crippen LogP contribution in [0.4, 0.5) is 0 Å². The van der Waals surface area contributed by atoms with Gasteiger partial charge >= 0.3 is 0 Å². The largest absolute Gasteiger partial charge is 0.299 e. The van der Waals surface area contributed by atoms with Crippen molar-refractivity contribution in [2.24, 2.45) is 35.5 Å². The van der Waals surface area contributed by atoms with Gasteiger partial charge in [0.2, 0.25) is 0 Å². The Morgan fingerprint density at radius 2 is 1.43 bits per heavy atom. The van der Waals surface area contributed by atoms with E-state index in [2.05, 4.69) is 13.8 Å². The highest BCUT2D eigenvalue weighted by atomic mass is 16.1. The fourth-order valence-corrected chi connectivity index (χ4v) is 6.46. The Labute approximate surface area is 173 Å². The molecule has 0 aliphatic heterocycles. The number of carbonyl (C=O) groups is 2. The number of Topliss-reactive ketones (excluding diaryl/α,β-unsaturated/α-hetero) is 2. The van der Waals surface area contributed by atoms with Crippen LogP contribution in [-0.4, -0.2) is 11.6 Å². The van der Waals surface area contributed by atoms with Crippen LogP contribution in [0.3, 0.4) is 0 Å². The number of ketones is 2. The number of unbranched alkanes of at least 4 members (excludes halogenated alkanes) is 2. The monoisotopic (exact) mass is 388 g/mol. The van der Waals surface area contributed by atoms with E-state index < -0.39 is 0 Å². The van der Waals surface area contributed by atoms with Crippen LogP contribution < -0.4 is 0 Å². The maximum Gasteiger partial charge on any atom is 0.143 e. The van der Waals surface area contributed by atoms with E-state index in [1.807, 2.05) is 0 Å². The zero-order valence-electron chi connectivity index (χ0n) is 18.6. The molecule has 3 rings (SSSR count). The predicted octanol–water partition coefficient (Wildman–Crippen LogP) is 7.14. The van der Waals surface area contributed by atoms with Crippen LogP contribution in [0.5, 0.6) is 0 Å². The molecule has 2 nitrogen and oxygen atoms in total. The van der Waals surface area contributed by atoms with Gasteiger partial charge in [0.05, 0.1) is 5.92 Å². The van der Waals surface area contributed by atoms with Gasteiger partial charge in [0.1, 0.15) is 11.6 Å². The zero-order valence-corrected chi connectivity index (χ0v) is 18.6. The lowest BCUT2D eigenvalue weighted by Crippen LogP contribution is -2.32. The number of hydrogen-bond donors (Lipinski definition) is 0. The number of rotatable bonds is 8. The van der Waals surface area contributed by atoms with Crippen molar-refractivity contribution >= 4 is 11.6 Å². The topological polar surface area (TPSA) is 34.1 Å². The van der Waals surface area contributed by atoms with Crippen LogP contribution in [0.25, 0.3) is 0 Å². The van der Waals surface area contributed by atoms with Crippen molar-refractivity contribution in [2.75, 3.05) is 0 Å². The molecular weight excluding hydrogens is 344 g/mol. The molecule has 2 atom stereocenters. The average Bonchev–Trinajstić information content (AvgIpc) is 2.69. The molecule has 160 valence electrons. The third-order valence-electron chi connectivity index (χ3n) is 8.43. The van der Waals surface area contributed by atoms with Gasteiger partial charge in [0, 0.05) is 12.8 Å². The lowest BCUT2D eigenvalue weighted by molar-refractivity contribution is -0.135. The summed E-state index contributed by atoms with van der Waals surface area (Å²) in [5, 5.41) is 0. The summed E-state index contributed by atoms with van der Waals surface area (Å²) in [5.74, 6) is 4.17. The maximum absolute atomic E-state index is 12.7. The van der Waals surface area contributed by atoms with E-state index in [9.17, 15) is 9.59 Å². The van der Waals surface area contributed by atoms with Crippen molar-refractivity contribution in [3.63, 3.8) is 0 Å². The Morgan fingerprint density at radius 3 is 2.00 bits per heavy atom. The van der Waals surface area contributed by atoms with Crippen molar-refractivity contribution in [1.82, 2.24) is 0 Å². The standard InChI is InChI=1S/C26H44O2/c1-3-4-5-6-20-8-12-22(13-9-20)23-14-10-21(11-15-23)18-26(28)24-16-7-19(2)17-25(24)27/h19-24H,3-18H2,1-2H3. The molecule has 2 heteroatoms. The summed E-state index contributed by atoms with van der Waals surface area (Å²) in [4.78, 5) is 24.9. The minimum atomic E-state index is -0.253. The first-order valence-corrected chi connectivity index (χ1v) is 12.6. The fraction of sp³-hybridized carbons (Fsp3) is 0.923. The van der Waals surface area contributed by atoms with Crippen LogP contribution in [0.2, 0.25) is 0 Å². The second-order valence-corrected chi connectivity index (χ2v) is 10.6. The minimum Gasteiger partial charge on any atom is -0.299 e. The highest BCUT2D eigenvalue weighted by Crippen LogP contribution is 2.43. The van der Waals surface area contributed by atoms with Gasteiger partial charge in [-0.15, -0.1) is 0 Å². The van der Waals surface area contributed by atoms with Gasteiger partial charge in [-0.05, 0) is 81.0 Å². The van der Waals surface area contributed by atoms with Crippen LogP contribution in [0.15, 0.2) is 0 Å².